The maximum Gasteiger partial charge on any atom is 0.262 e. The lowest BCUT2D eigenvalue weighted by molar-refractivity contribution is -0.122. The lowest BCUT2D eigenvalue weighted by Gasteiger charge is -2.55. The van der Waals surface area contributed by atoms with Gasteiger partial charge >= 0.3 is 0 Å². The molecule has 2 aromatic carbocycles. The molecule has 35 heavy (non-hydrogen) atoms. The molecule has 1 fully saturated rings. The Hall–Kier alpha value is -3.17. The minimum Gasteiger partial charge on any atom is -0.483 e. The van der Waals surface area contributed by atoms with Crippen LogP contribution in [0.4, 0.5) is 15.8 Å². The first-order valence-corrected chi connectivity index (χ1v) is 11.9. The molecule has 1 atom stereocenters. The van der Waals surface area contributed by atoms with Crippen LogP contribution < -0.4 is 20.0 Å². The highest BCUT2D eigenvalue weighted by Crippen LogP contribution is 2.46. The molecule has 186 valence electrons. The van der Waals surface area contributed by atoms with E-state index in [1.165, 1.54) is 6.07 Å². The van der Waals surface area contributed by atoms with Crippen LogP contribution in [0.1, 0.15) is 27.7 Å². The van der Waals surface area contributed by atoms with Crippen molar-refractivity contribution in [2.24, 2.45) is 5.10 Å². The molecule has 5 rings (SSSR count). The Bertz CT molecular complexity index is 1200. The van der Waals surface area contributed by atoms with Gasteiger partial charge in [0.05, 0.1) is 16.8 Å². The average Bonchev–Trinajstić information content (AvgIpc) is 2.78. The number of benzene rings is 2. The van der Waals surface area contributed by atoms with Gasteiger partial charge in [-0.3, -0.25) is 9.69 Å². The fraction of sp³-hybridized carbons (Fsp3) is 0.462. The quantitative estimate of drug-likeness (QED) is 0.684. The van der Waals surface area contributed by atoms with Gasteiger partial charge in [-0.05, 0) is 45.9 Å². The molecular formula is C26H32FN5O3. The molecule has 1 saturated heterocycles. The van der Waals surface area contributed by atoms with Crippen molar-refractivity contribution in [3.63, 3.8) is 0 Å². The molecule has 0 aromatic heterocycles. The number of fused-ring (bicyclic) bond motifs is 3. The number of hydrogen-bond donors (Lipinski definition) is 2. The molecular weight excluding hydrogens is 449 g/mol. The summed E-state index contributed by atoms with van der Waals surface area (Å²) in [5.41, 5.74) is 4.33. The molecule has 0 bridgehead atoms. The second kappa shape index (κ2) is 8.20. The van der Waals surface area contributed by atoms with Crippen molar-refractivity contribution in [2.75, 3.05) is 43.1 Å². The van der Waals surface area contributed by atoms with Gasteiger partial charge in [0.25, 0.3) is 5.91 Å². The van der Waals surface area contributed by atoms with E-state index in [-0.39, 0.29) is 23.9 Å². The van der Waals surface area contributed by atoms with Crippen LogP contribution in [0.15, 0.2) is 41.5 Å². The minimum atomic E-state index is -0.776. The third-order valence-electron chi connectivity index (χ3n) is 7.11. The molecule has 0 saturated carbocycles. The van der Waals surface area contributed by atoms with Crippen LogP contribution in [0.25, 0.3) is 11.1 Å². The lowest BCUT2D eigenvalue weighted by atomic mass is 9.87. The lowest BCUT2D eigenvalue weighted by Crippen LogP contribution is -2.69. The molecule has 0 unspecified atom stereocenters. The van der Waals surface area contributed by atoms with Crippen molar-refractivity contribution < 1.29 is 19.0 Å². The Morgan fingerprint density at radius 2 is 2.00 bits per heavy atom. The van der Waals surface area contributed by atoms with E-state index in [4.69, 9.17) is 4.74 Å². The summed E-state index contributed by atoms with van der Waals surface area (Å²) in [6.07, 6.45) is 0. The van der Waals surface area contributed by atoms with E-state index in [1.54, 1.807) is 26.0 Å². The van der Waals surface area contributed by atoms with Crippen LogP contribution in [-0.4, -0.2) is 72.2 Å². The number of halogens is 1. The molecule has 3 aliphatic heterocycles. The van der Waals surface area contributed by atoms with Crippen molar-refractivity contribution in [3.8, 4) is 16.9 Å². The number of rotatable bonds is 5. The van der Waals surface area contributed by atoms with Gasteiger partial charge < -0.3 is 19.6 Å². The van der Waals surface area contributed by atoms with Crippen LogP contribution in [0, 0.1) is 5.82 Å². The number of hydrazone groups is 1. The largest absolute Gasteiger partial charge is 0.483 e. The van der Waals surface area contributed by atoms with Crippen LogP contribution in [0.5, 0.6) is 5.75 Å². The minimum absolute atomic E-state index is 0.192. The summed E-state index contributed by atoms with van der Waals surface area (Å²) < 4.78 is 21.0. The normalized spacial score (nSPS) is 21.2. The Balaban J connectivity index is 1.59. The number of amidine groups is 1. The second-order valence-electron chi connectivity index (χ2n) is 10.7. The number of likely N-dealkylation sites (tertiary alicyclic amines) is 1. The summed E-state index contributed by atoms with van der Waals surface area (Å²) in [7, 11) is 2.01. The molecule has 3 heterocycles. The zero-order valence-corrected chi connectivity index (χ0v) is 20.8. The van der Waals surface area contributed by atoms with Crippen molar-refractivity contribution in [3.05, 3.63) is 42.2 Å². The third-order valence-corrected chi connectivity index (χ3v) is 7.11. The number of nitrogens with zero attached hydrogens (tertiary/aromatic N) is 4. The summed E-state index contributed by atoms with van der Waals surface area (Å²) in [4.78, 5) is 18.7. The highest BCUT2D eigenvalue weighted by atomic mass is 19.1. The van der Waals surface area contributed by atoms with Gasteiger partial charge in [0.2, 0.25) is 0 Å². The molecule has 0 aliphatic carbocycles. The fourth-order valence-electron chi connectivity index (χ4n) is 5.31. The number of aliphatic hydroxyl groups is 1. The highest BCUT2D eigenvalue weighted by molar-refractivity contribution is 6.10. The molecule has 0 spiro atoms. The Kier molecular flexibility index (Phi) is 5.52. The monoisotopic (exact) mass is 481 g/mol. The number of anilines is 2. The Morgan fingerprint density at radius 3 is 2.69 bits per heavy atom. The molecule has 2 N–H and O–H groups in total. The Labute approximate surface area is 205 Å². The van der Waals surface area contributed by atoms with Gasteiger partial charge in [0, 0.05) is 43.5 Å². The highest BCUT2D eigenvalue weighted by Gasteiger charge is 2.45. The summed E-state index contributed by atoms with van der Waals surface area (Å²) in [5.74, 6) is 0.711. The van der Waals surface area contributed by atoms with Crippen LogP contribution in [-0.2, 0) is 4.79 Å². The molecule has 9 heteroatoms. The summed E-state index contributed by atoms with van der Waals surface area (Å²) in [6, 6.07) is 10.1. The Morgan fingerprint density at radius 1 is 1.29 bits per heavy atom. The zero-order valence-electron chi connectivity index (χ0n) is 20.8. The summed E-state index contributed by atoms with van der Waals surface area (Å²) in [6.45, 7) is 9.91. The summed E-state index contributed by atoms with van der Waals surface area (Å²) >= 11 is 0. The molecule has 3 aliphatic rings. The average molecular weight is 482 g/mol. The number of nitrogens with one attached hydrogen (secondary N) is 1. The molecule has 1 amide bonds. The standard InChI is InChI=1S/C26H32FN5O3/c1-16-24(33)29-28-23-12-35-22-10-18(17-8-6-7-9-19(17)27)20(11-21(22)32(16)23)30(5)26(4)14-31(15-26)13-25(2,3)34/h6-11,16,34H,12-15H2,1-5H3,(H,29,33)/t16-/m1/s1. The molecule has 2 aromatic rings. The number of hydrogen-bond acceptors (Lipinski definition) is 7. The SMILES string of the molecule is C[C@@H]1C(=O)NN=C2COc3cc(-c4ccccc4F)c(N(C)C4(C)CN(CC(C)(C)O)C4)cc3N21. The number of likely N-dealkylation sites (N-methyl/N-ethyl adjacent to an activating group) is 1. The van der Waals surface area contributed by atoms with E-state index >= 15 is 0 Å². The molecule has 0 radical (unpaired) electrons. The predicted octanol–water partition coefficient (Wildman–Crippen LogP) is 2.80. The van der Waals surface area contributed by atoms with Gasteiger partial charge in [0.1, 0.15) is 24.2 Å². The fourth-order valence-corrected chi connectivity index (χ4v) is 5.31. The zero-order chi connectivity index (χ0) is 25.1. The van der Waals surface area contributed by atoms with Crippen molar-refractivity contribution >= 4 is 23.1 Å². The van der Waals surface area contributed by atoms with E-state index in [0.29, 0.717) is 23.7 Å². The van der Waals surface area contributed by atoms with Gasteiger partial charge in [-0.25, -0.2) is 9.82 Å². The number of ether oxygens (including phenoxy) is 1. The molecule has 8 nitrogen and oxygen atoms in total. The first-order chi connectivity index (χ1) is 16.5. The van der Waals surface area contributed by atoms with Gasteiger partial charge in [-0.15, -0.1) is 0 Å². The number of carbonyl (C=O) groups excluding carboxylic acids is 1. The van der Waals surface area contributed by atoms with Crippen molar-refractivity contribution in [1.82, 2.24) is 10.3 Å². The van der Waals surface area contributed by atoms with Crippen LogP contribution in [0.3, 0.4) is 0 Å². The smallest absolute Gasteiger partial charge is 0.262 e. The van der Waals surface area contributed by atoms with E-state index in [0.717, 1.165) is 30.0 Å². The van der Waals surface area contributed by atoms with E-state index in [9.17, 15) is 14.3 Å². The number of amides is 1. The van der Waals surface area contributed by atoms with Gasteiger partial charge in [0.15, 0.2) is 5.84 Å². The first-order valence-electron chi connectivity index (χ1n) is 11.9. The van der Waals surface area contributed by atoms with Crippen LogP contribution in [0.2, 0.25) is 0 Å². The number of β-amino-alcohol motifs (C(OH)–C–C–N with tert-alkyl or cyclic N) is 1. The van der Waals surface area contributed by atoms with Gasteiger partial charge in [-0.2, -0.15) is 5.10 Å². The van der Waals surface area contributed by atoms with Crippen molar-refractivity contribution in [1.29, 1.82) is 0 Å². The van der Waals surface area contributed by atoms with E-state index < -0.39 is 11.6 Å². The number of carbonyl (C=O) groups is 1. The van der Waals surface area contributed by atoms with Crippen LogP contribution >= 0.6 is 0 Å². The third kappa shape index (κ3) is 4.12. The van der Waals surface area contributed by atoms with E-state index in [1.807, 2.05) is 37.1 Å². The maximum absolute atomic E-state index is 15.0. The first kappa shape index (κ1) is 23.6. The summed E-state index contributed by atoms with van der Waals surface area (Å²) in [5, 5.41) is 14.4. The predicted molar refractivity (Wildman–Crippen MR) is 134 cm³/mol. The van der Waals surface area contributed by atoms with Crippen molar-refractivity contribution in [2.45, 2.75) is 44.9 Å². The van der Waals surface area contributed by atoms with E-state index in [2.05, 4.69) is 27.3 Å². The second-order valence-corrected chi connectivity index (χ2v) is 10.7. The topological polar surface area (TPSA) is 80.6 Å². The van der Waals surface area contributed by atoms with Gasteiger partial charge in [-0.1, -0.05) is 18.2 Å². The maximum atomic E-state index is 15.0.